The summed E-state index contributed by atoms with van der Waals surface area (Å²) in [4.78, 5) is 32.6. The minimum atomic E-state index is -0.674. The number of aromatic nitrogens is 2. The van der Waals surface area contributed by atoms with Gasteiger partial charge in [0, 0.05) is 6.42 Å². The van der Waals surface area contributed by atoms with E-state index in [4.69, 9.17) is 9.47 Å². The van der Waals surface area contributed by atoms with Crippen LogP contribution in [0.5, 0.6) is 11.5 Å². The number of amides is 1. The number of carbonyl (C=O) groups is 2. The number of benzene rings is 3. The third-order valence-corrected chi connectivity index (χ3v) is 5.75. The Hall–Kier alpha value is -4.72. The van der Waals surface area contributed by atoms with Crippen LogP contribution in [-0.2, 0) is 22.6 Å². The largest absolute Gasteiger partial charge is 0.504 e. The van der Waals surface area contributed by atoms with Crippen molar-refractivity contribution in [2.24, 2.45) is 0 Å². The zero-order valence-corrected chi connectivity index (χ0v) is 21.3. The maximum Gasteiger partial charge on any atom is 0.325 e. The second-order valence-electron chi connectivity index (χ2n) is 8.59. The second-order valence-corrected chi connectivity index (χ2v) is 8.59. The molecule has 0 unspecified atom stereocenters. The molecule has 0 saturated heterocycles. The molecule has 0 spiro atoms. The van der Waals surface area contributed by atoms with E-state index < -0.39 is 11.9 Å². The Bertz CT molecular complexity index is 1410. The topological polar surface area (TPSA) is 111 Å². The first-order valence-corrected chi connectivity index (χ1v) is 12.3. The van der Waals surface area contributed by atoms with Crippen molar-refractivity contribution in [1.29, 1.82) is 0 Å². The summed E-state index contributed by atoms with van der Waals surface area (Å²) in [6.45, 7) is 3.67. The molecular formula is C30H29N3O5. The van der Waals surface area contributed by atoms with Crippen molar-refractivity contribution < 1.29 is 24.2 Å². The monoisotopic (exact) mass is 511 g/mol. The van der Waals surface area contributed by atoms with Crippen LogP contribution in [0.1, 0.15) is 40.1 Å². The quantitative estimate of drug-likeness (QED) is 0.299. The molecule has 0 radical (unpaired) electrons. The van der Waals surface area contributed by atoms with Gasteiger partial charge in [0.05, 0.1) is 12.3 Å². The number of hydrogen-bond acceptors (Lipinski definition) is 7. The maximum absolute atomic E-state index is 12.5. The van der Waals surface area contributed by atoms with E-state index in [0.717, 1.165) is 28.0 Å². The van der Waals surface area contributed by atoms with Gasteiger partial charge in [0.1, 0.15) is 24.7 Å². The number of ether oxygens (including phenoxy) is 2. The highest BCUT2D eigenvalue weighted by molar-refractivity contribution is 5.96. The van der Waals surface area contributed by atoms with E-state index in [2.05, 4.69) is 15.3 Å². The Morgan fingerprint density at radius 2 is 1.66 bits per heavy atom. The third-order valence-electron chi connectivity index (χ3n) is 5.75. The maximum atomic E-state index is 12.5. The molecule has 0 bridgehead atoms. The molecule has 0 saturated carbocycles. The number of hydrogen-bond donors (Lipinski definition) is 2. The lowest BCUT2D eigenvalue weighted by Crippen LogP contribution is -2.31. The molecule has 8 nitrogen and oxygen atoms in total. The van der Waals surface area contributed by atoms with E-state index in [-0.39, 0.29) is 30.3 Å². The number of esters is 1. The minimum absolute atomic E-state index is 0.180. The van der Waals surface area contributed by atoms with Crippen molar-refractivity contribution in [3.8, 4) is 22.6 Å². The summed E-state index contributed by atoms with van der Waals surface area (Å²) < 4.78 is 10.8. The fraction of sp³-hybridized carbons (Fsp3) is 0.200. The van der Waals surface area contributed by atoms with Crippen molar-refractivity contribution in [2.45, 2.75) is 26.9 Å². The molecule has 1 heterocycles. The van der Waals surface area contributed by atoms with Gasteiger partial charge in [0.15, 0.2) is 11.4 Å². The molecule has 38 heavy (non-hydrogen) atoms. The van der Waals surface area contributed by atoms with Gasteiger partial charge in [0.2, 0.25) is 0 Å². The van der Waals surface area contributed by atoms with E-state index in [1.807, 2.05) is 78.9 Å². The molecule has 3 aromatic carbocycles. The number of aromatic hydroxyl groups is 1. The Labute approximate surface area is 221 Å². The molecule has 1 aromatic heterocycles. The SMILES string of the molecule is CCOC(=O)CNC(=O)c1nc(Cc2ccc(-c3cccc(OCc4ccccc4)c3)cc2)nc(C)c1O. The van der Waals surface area contributed by atoms with Crippen molar-refractivity contribution in [3.63, 3.8) is 0 Å². The first-order chi connectivity index (χ1) is 18.4. The number of nitrogens with zero attached hydrogens (tertiary/aromatic N) is 2. The molecule has 0 aliphatic rings. The fourth-order valence-corrected chi connectivity index (χ4v) is 3.81. The van der Waals surface area contributed by atoms with E-state index >= 15 is 0 Å². The molecule has 0 fully saturated rings. The number of aryl methyl sites for hydroxylation is 1. The minimum Gasteiger partial charge on any atom is -0.504 e. The Balaban J connectivity index is 1.43. The highest BCUT2D eigenvalue weighted by Crippen LogP contribution is 2.26. The Kier molecular flexibility index (Phi) is 8.66. The smallest absolute Gasteiger partial charge is 0.325 e. The van der Waals surface area contributed by atoms with Crippen LogP contribution in [0.2, 0.25) is 0 Å². The van der Waals surface area contributed by atoms with Gasteiger partial charge in [-0.15, -0.1) is 0 Å². The van der Waals surface area contributed by atoms with Gasteiger partial charge in [0.25, 0.3) is 5.91 Å². The van der Waals surface area contributed by atoms with Crippen molar-refractivity contribution >= 4 is 11.9 Å². The summed E-state index contributed by atoms with van der Waals surface area (Å²) >= 11 is 0. The first-order valence-electron chi connectivity index (χ1n) is 12.3. The number of carbonyl (C=O) groups excluding carboxylic acids is 2. The third kappa shape index (κ3) is 6.94. The van der Waals surface area contributed by atoms with E-state index in [1.54, 1.807) is 13.8 Å². The van der Waals surface area contributed by atoms with E-state index in [1.165, 1.54) is 0 Å². The summed E-state index contributed by atoms with van der Waals surface area (Å²) in [5.74, 6) is -0.394. The zero-order valence-electron chi connectivity index (χ0n) is 21.3. The summed E-state index contributed by atoms with van der Waals surface area (Å²) in [6, 6.07) is 25.9. The van der Waals surface area contributed by atoms with E-state index in [0.29, 0.717) is 18.9 Å². The second kappa shape index (κ2) is 12.5. The van der Waals surface area contributed by atoms with Crippen LogP contribution >= 0.6 is 0 Å². The highest BCUT2D eigenvalue weighted by Gasteiger charge is 2.19. The Morgan fingerprint density at radius 3 is 2.39 bits per heavy atom. The van der Waals surface area contributed by atoms with Crippen LogP contribution < -0.4 is 10.1 Å². The lowest BCUT2D eigenvalue weighted by atomic mass is 10.0. The Morgan fingerprint density at radius 1 is 0.895 bits per heavy atom. The van der Waals surface area contributed by atoms with Gasteiger partial charge < -0.3 is 19.9 Å². The van der Waals surface area contributed by atoms with Crippen LogP contribution in [-0.4, -0.2) is 40.1 Å². The summed E-state index contributed by atoms with van der Waals surface area (Å²) in [6.07, 6.45) is 0.361. The predicted octanol–water partition coefficient (Wildman–Crippen LogP) is 4.62. The molecule has 0 aliphatic heterocycles. The van der Waals surface area contributed by atoms with Crippen molar-refractivity contribution in [2.75, 3.05) is 13.2 Å². The van der Waals surface area contributed by atoms with Gasteiger partial charge in [-0.3, -0.25) is 9.59 Å². The van der Waals surface area contributed by atoms with Gasteiger partial charge in [-0.25, -0.2) is 9.97 Å². The summed E-state index contributed by atoms with van der Waals surface area (Å²) in [5.41, 5.74) is 4.20. The average Bonchev–Trinajstić information content (AvgIpc) is 2.94. The number of rotatable bonds is 10. The van der Waals surface area contributed by atoms with Gasteiger partial charge in [-0.05, 0) is 48.2 Å². The molecule has 0 aliphatic carbocycles. The lowest BCUT2D eigenvalue weighted by molar-refractivity contribution is -0.141. The van der Waals surface area contributed by atoms with Gasteiger partial charge in [-0.1, -0.05) is 66.7 Å². The molecule has 4 aromatic rings. The number of nitrogens with one attached hydrogen (secondary N) is 1. The van der Waals surface area contributed by atoms with Crippen LogP contribution in [0.15, 0.2) is 78.9 Å². The standard InChI is InChI=1S/C30H29N3O5/c1-3-37-27(34)18-31-30(36)28-29(35)20(2)32-26(33-28)16-21-12-14-23(15-13-21)24-10-7-11-25(17-24)38-19-22-8-5-4-6-9-22/h4-15,17,35H,3,16,18-19H2,1-2H3,(H,31,36). The zero-order chi connectivity index (χ0) is 26.9. The molecule has 194 valence electrons. The fourth-order valence-electron chi connectivity index (χ4n) is 3.81. The van der Waals surface area contributed by atoms with Crippen LogP contribution in [0.25, 0.3) is 11.1 Å². The van der Waals surface area contributed by atoms with Crippen molar-refractivity contribution in [3.05, 3.63) is 107 Å². The van der Waals surface area contributed by atoms with Gasteiger partial charge >= 0.3 is 5.97 Å². The van der Waals surface area contributed by atoms with E-state index in [9.17, 15) is 14.7 Å². The molecule has 2 N–H and O–H groups in total. The molecule has 8 heteroatoms. The molecule has 4 rings (SSSR count). The van der Waals surface area contributed by atoms with Gasteiger partial charge in [-0.2, -0.15) is 0 Å². The molecular weight excluding hydrogens is 482 g/mol. The molecule has 0 atom stereocenters. The highest BCUT2D eigenvalue weighted by atomic mass is 16.5. The van der Waals surface area contributed by atoms with Crippen LogP contribution in [0.4, 0.5) is 0 Å². The summed E-state index contributed by atoms with van der Waals surface area (Å²) in [7, 11) is 0. The lowest BCUT2D eigenvalue weighted by Gasteiger charge is -2.11. The van der Waals surface area contributed by atoms with Crippen LogP contribution in [0, 0.1) is 6.92 Å². The summed E-state index contributed by atoms with van der Waals surface area (Å²) in [5, 5.41) is 12.7. The average molecular weight is 512 g/mol. The molecule has 1 amide bonds. The van der Waals surface area contributed by atoms with Crippen molar-refractivity contribution in [1.82, 2.24) is 15.3 Å². The predicted molar refractivity (Wildman–Crippen MR) is 143 cm³/mol. The normalized spacial score (nSPS) is 10.6. The van der Waals surface area contributed by atoms with Crippen LogP contribution in [0.3, 0.4) is 0 Å². The first kappa shape index (κ1) is 26.3.